The van der Waals surface area contributed by atoms with Gasteiger partial charge in [0.15, 0.2) is 0 Å². The van der Waals surface area contributed by atoms with Gasteiger partial charge in [0.25, 0.3) is 0 Å². The highest BCUT2D eigenvalue weighted by Gasteiger charge is 2.59. The predicted octanol–water partition coefficient (Wildman–Crippen LogP) is 5.52. The SMILES string of the molecule is CC(C)=CCC/C(C)=C/CC[C@@]1(C)[C@@H]2CCC(CO)=C[C@@H]2[C@H]1C1=CC(=O)OC1. The molecule has 0 radical (unpaired) electrons. The second-order valence-corrected chi connectivity index (χ2v) is 9.43. The minimum absolute atomic E-state index is 0.161. The molecule has 1 aliphatic heterocycles. The molecule has 0 saturated heterocycles. The molecule has 1 heterocycles. The molecule has 0 spiro atoms. The van der Waals surface area contributed by atoms with Gasteiger partial charge >= 0.3 is 5.97 Å². The smallest absolute Gasteiger partial charge is 0.331 e. The lowest BCUT2D eigenvalue weighted by Crippen LogP contribution is -2.56. The number of hydrogen-bond donors (Lipinski definition) is 1. The van der Waals surface area contributed by atoms with Crippen molar-refractivity contribution in [2.45, 2.75) is 66.2 Å². The van der Waals surface area contributed by atoms with Gasteiger partial charge in [0.1, 0.15) is 6.61 Å². The quantitative estimate of drug-likeness (QED) is 0.442. The summed E-state index contributed by atoms with van der Waals surface area (Å²) in [5, 5.41) is 9.58. The molecule has 1 saturated carbocycles. The lowest BCUT2D eigenvalue weighted by atomic mass is 9.42. The number of cyclic esters (lactones) is 1. The van der Waals surface area contributed by atoms with Crippen molar-refractivity contribution in [2.24, 2.45) is 23.2 Å². The number of esters is 1. The van der Waals surface area contributed by atoms with Gasteiger partial charge in [-0.15, -0.1) is 0 Å². The van der Waals surface area contributed by atoms with E-state index in [1.807, 2.05) is 0 Å². The molecule has 154 valence electrons. The normalized spacial score (nSPS) is 32.1. The van der Waals surface area contributed by atoms with Crippen molar-refractivity contribution in [1.29, 1.82) is 0 Å². The molecule has 1 N–H and O–H groups in total. The molecule has 0 amide bonds. The van der Waals surface area contributed by atoms with E-state index in [2.05, 4.69) is 45.9 Å². The van der Waals surface area contributed by atoms with Gasteiger partial charge < -0.3 is 9.84 Å². The zero-order chi connectivity index (χ0) is 20.3. The van der Waals surface area contributed by atoms with Gasteiger partial charge in [0.05, 0.1) is 6.61 Å². The van der Waals surface area contributed by atoms with E-state index in [9.17, 15) is 9.90 Å². The van der Waals surface area contributed by atoms with Gasteiger partial charge in [0.2, 0.25) is 0 Å². The monoisotopic (exact) mass is 384 g/mol. The van der Waals surface area contributed by atoms with Gasteiger partial charge in [-0.25, -0.2) is 4.79 Å². The summed E-state index contributed by atoms with van der Waals surface area (Å²) in [6.45, 7) is 9.56. The van der Waals surface area contributed by atoms with Crippen LogP contribution in [0.15, 0.2) is 46.6 Å². The molecule has 28 heavy (non-hydrogen) atoms. The van der Waals surface area contributed by atoms with Crippen molar-refractivity contribution < 1.29 is 14.6 Å². The second kappa shape index (κ2) is 8.82. The summed E-state index contributed by atoms with van der Waals surface area (Å²) < 4.78 is 5.24. The molecule has 0 aromatic heterocycles. The largest absolute Gasteiger partial charge is 0.458 e. The van der Waals surface area contributed by atoms with Crippen LogP contribution in [0.2, 0.25) is 0 Å². The summed E-state index contributed by atoms with van der Waals surface area (Å²) in [6.07, 6.45) is 15.4. The molecule has 4 atom stereocenters. The first-order valence-corrected chi connectivity index (χ1v) is 10.8. The first kappa shape index (κ1) is 21.1. The van der Waals surface area contributed by atoms with Crippen molar-refractivity contribution in [2.75, 3.05) is 13.2 Å². The summed E-state index contributed by atoms with van der Waals surface area (Å²) in [5.41, 5.74) is 5.39. The van der Waals surface area contributed by atoms with Crippen molar-refractivity contribution in [3.05, 3.63) is 46.6 Å². The highest BCUT2D eigenvalue weighted by molar-refractivity contribution is 5.85. The zero-order valence-electron chi connectivity index (χ0n) is 18.0. The van der Waals surface area contributed by atoms with Crippen LogP contribution < -0.4 is 0 Å². The molecule has 3 nitrogen and oxygen atoms in total. The van der Waals surface area contributed by atoms with Crippen LogP contribution in [0.4, 0.5) is 0 Å². The third-order valence-electron chi connectivity index (χ3n) is 7.17. The van der Waals surface area contributed by atoms with E-state index in [0.29, 0.717) is 24.4 Å². The Morgan fingerprint density at radius 3 is 2.71 bits per heavy atom. The Kier molecular flexibility index (Phi) is 6.65. The minimum Gasteiger partial charge on any atom is -0.458 e. The molecule has 1 fully saturated rings. The molecule has 3 rings (SSSR count). The first-order valence-electron chi connectivity index (χ1n) is 10.8. The molecule has 3 aliphatic rings. The fourth-order valence-corrected chi connectivity index (χ4v) is 5.69. The van der Waals surface area contributed by atoms with Crippen molar-refractivity contribution >= 4 is 5.97 Å². The summed E-state index contributed by atoms with van der Waals surface area (Å²) in [4.78, 5) is 11.7. The Balaban J connectivity index is 1.69. The summed E-state index contributed by atoms with van der Waals surface area (Å²) in [6, 6.07) is 0. The van der Waals surface area contributed by atoms with Gasteiger partial charge in [-0.05, 0) is 93.6 Å². The molecule has 2 aliphatic carbocycles. The average Bonchev–Trinajstić information content (AvgIpc) is 3.05. The fraction of sp³-hybridized carbons (Fsp3) is 0.640. The van der Waals surface area contributed by atoms with Crippen LogP contribution in [0, 0.1) is 23.2 Å². The molecule has 3 heteroatoms. The lowest BCUT2D eigenvalue weighted by Gasteiger charge is -2.62. The Bertz CT molecular complexity index is 720. The predicted molar refractivity (Wildman–Crippen MR) is 114 cm³/mol. The highest BCUT2D eigenvalue weighted by Crippen LogP contribution is 2.65. The molecular weight excluding hydrogens is 348 g/mol. The standard InChI is InChI=1S/C25H36O3/c1-17(2)7-5-8-18(3)9-6-12-25(4)22-11-10-19(15-26)13-21(22)24(25)20-14-23(27)28-16-20/h7,9,13-14,21-22,24,26H,5-6,8,10-12,15-16H2,1-4H3/b18-9+/t21-,22+,24+,25-/m0/s1. The van der Waals surface area contributed by atoms with Crippen LogP contribution in [0.1, 0.15) is 66.2 Å². The minimum atomic E-state index is -0.196. The Morgan fingerprint density at radius 1 is 1.29 bits per heavy atom. The van der Waals surface area contributed by atoms with Gasteiger partial charge in [-0.2, -0.15) is 0 Å². The molecule has 0 aromatic rings. The number of carbonyl (C=O) groups excluding carboxylic acids is 1. The Morgan fingerprint density at radius 2 is 2.07 bits per heavy atom. The summed E-state index contributed by atoms with van der Waals surface area (Å²) in [5.74, 6) is 1.26. The van der Waals surface area contributed by atoms with Crippen LogP contribution in [-0.4, -0.2) is 24.3 Å². The number of ether oxygens (including phenoxy) is 1. The molecule has 0 unspecified atom stereocenters. The van der Waals surface area contributed by atoms with Crippen LogP contribution in [-0.2, 0) is 9.53 Å². The van der Waals surface area contributed by atoms with E-state index in [1.54, 1.807) is 6.08 Å². The van der Waals surface area contributed by atoms with Gasteiger partial charge in [-0.3, -0.25) is 0 Å². The third-order valence-corrected chi connectivity index (χ3v) is 7.17. The summed E-state index contributed by atoms with van der Waals surface area (Å²) in [7, 11) is 0. The van der Waals surface area contributed by atoms with Crippen LogP contribution >= 0.6 is 0 Å². The highest BCUT2D eigenvalue weighted by atomic mass is 16.5. The topological polar surface area (TPSA) is 46.5 Å². The van der Waals surface area contributed by atoms with E-state index in [4.69, 9.17) is 4.74 Å². The van der Waals surface area contributed by atoms with E-state index in [1.165, 1.54) is 11.1 Å². The van der Waals surface area contributed by atoms with Crippen molar-refractivity contribution in [3.8, 4) is 0 Å². The van der Waals surface area contributed by atoms with E-state index in [0.717, 1.165) is 49.7 Å². The fourth-order valence-electron chi connectivity index (χ4n) is 5.69. The van der Waals surface area contributed by atoms with E-state index in [-0.39, 0.29) is 18.0 Å². The van der Waals surface area contributed by atoms with Crippen LogP contribution in [0.25, 0.3) is 0 Å². The average molecular weight is 385 g/mol. The van der Waals surface area contributed by atoms with E-state index >= 15 is 0 Å². The van der Waals surface area contributed by atoms with Crippen LogP contribution in [0.3, 0.4) is 0 Å². The maximum Gasteiger partial charge on any atom is 0.331 e. The summed E-state index contributed by atoms with van der Waals surface area (Å²) >= 11 is 0. The number of allylic oxidation sites excluding steroid dienone is 5. The maximum atomic E-state index is 11.7. The zero-order valence-corrected chi connectivity index (χ0v) is 18.0. The van der Waals surface area contributed by atoms with Gasteiger partial charge in [-0.1, -0.05) is 36.3 Å². The van der Waals surface area contributed by atoms with Crippen molar-refractivity contribution in [1.82, 2.24) is 0 Å². The number of carbonyl (C=O) groups is 1. The number of fused-ring (bicyclic) bond motifs is 1. The van der Waals surface area contributed by atoms with Crippen molar-refractivity contribution in [3.63, 3.8) is 0 Å². The second-order valence-electron chi connectivity index (χ2n) is 9.43. The Hall–Kier alpha value is -1.61. The third kappa shape index (κ3) is 4.35. The maximum absolute atomic E-state index is 11.7. The van der Waals surface area contributed by atoms with E-state index < -0.39 is 0 Å². The van der Waals surface area contributed by atoms with Gasteiger partial charge in [0, 0.05) is 6.08 Å². The number of hydrogen-bond acceptors (Lipinski definition) is 3. The first-order chi connectivity index (χ1) is 13.3. The molecule has 0 bridgehead atoms. The van der Waals surface area contributed by atoms with Crippen LogP contribution in [0.5, 0.6) is 0 Å². The molecule has 0 aromatic carbocycles. The Labute approximate surface area is 170 Å². The number of aliphatic hydroxyl groups is 1. The molecular formula is C25H36O3. The number of rotatable bonds is 8. The lowest BCUT2D eigenvalue weighted by molar-refractivity contribution is -0.135. The number of aliphatic hydroxyl groups excluding tert-OH is 1.